The molecule has 7 nitrogen and oxygen atoms in total. The summed E-state index contributed by atoms with van der Waals surface area (Å²) in [4.78, 5) is 10.2. The molecule has 0 unspecified atom stereocenters. The highest BCUT2D eigenvalue weighted by atomic mass is 31.1. The fraction of sp³-hybridized carbons (Fsp3) is 0.0526. The minimum absolute atomic E-state index is 0.0140. The minimum Gasteiger partial charge on any atom is -0.507 e. The largest absolute Gasteiger partial charge is 0.507 e. The number of rotatable bonds is 4. The highest BCUT2D eigenvalue weighted by Gasteiger charge is 2.12. The van der Waals surface area contributed by atoms with Gasteiger partial charge in [0.25, 0.3) is 5.69 Å². The molecule has 3 aromatic carbocycles. The summed E-state index contributed by atoms with van der Waals surface area (Å²) >= 11 is 0. The van der Waals surface area contributed by atoms with E-state index in [4.69, 9.17) is 12.9 Å². The number of non-ortho nitro benzene ring substituents is 1. The molecular formula is C19H14NO6P. The number of phenols is 1. The number of benzene rings is 3. The summed E-state index contributed by atoms with van der Waals surface area (Å²) in [7, 11) is -1.77. The second-order valence-corrected chi connectivity index (χ2v) is 6.81. The number of hydrogen-bond donors (Lipinski definition) is 1. The molecule has 1 heterocycles. The van der Waals surface area contributed by atoms with Crippen molar-refractivity contribution in [2.24, 2.45) is 0 Å². The molecule has 0 atom stereocenters. The number of phenolic OH excluding ortho intramolecular Hbond substituents is 1. The molecule has 136 valence electrons. The first-order chi connectivity index (χ1) is 13.1. The Kier molecular flexibility index (Phi) is 4.54. The number of nitro benzene ring substituents is 1. The molecule has 0 aliphatic heterocycles. The molecule has 8 heteroatoms. The van der Waals surface area contributed by atoms with E-state index in [1.54, 1.807) is 0 Å². The first-order valence-corrected chi connectivity index (χ1v) is 9.15. The lowest BCUT2D eigenvalue weighted by Gasteiger charge is -2.03. The normalized spacial score (nSPS) is 11.0. The van der Waals surface area contributed by atoms with Gasteiger partial charge in [-0.2, -0.15) is 0 Å². The quantitative estimate of drug-likeness (QED) is 0.367. The number of fused-ring (bicyclic) bond motifs is 3. The molecule has 1 aromatic heterocycles. The molecule has 0 saturated carbocycles. The first-order valence-electron chi connectivity index (χ1n) is 8.05. The fourth-order valence-corrected chi connectivity index (χ4v) is 3.71. The highest BCUT2D eigenvalue weighted by molar-refractivity contribution is 7.31. The maximum Gasteiger partial charge on any atom is 0.387 e. The smallest absolute Gasteiger partial charge is 0.387 e. The van der Waals surface area contributed by atoms with Gasteiger partial charge in [0.1, 0.15) is 16.9 Å². The molecule has 0 amide bonds. The van der Waals surface area contributed by atoms with E-state index in [1.165, 1.54) is 12.1 Å². The van der Waals surface area contributed by atoms with E-state index in [0.717, 1.165) is 16.8 Å². The molecular weight excluding hydrogens is 369 g/mol. The van der Waals surface area contributed by atoms with Crippen molar-refractivity contribution in [3.05, 3.63) is 82.4 Å². The van der Waals surface area contributed by atoms with Crippen molar-refractivity contribution in [2.45, 2.75) is 6.61 Å². The van der Waals surface area contributed by atoms with E-state index in [1.807, 2.05) is 48.5 Å². The van der Waals surface area contributed by atoms with E-state index in [0.29, 0.717) is 16.7 Å². The van der Waals surface area contributed by atoms with Crippen LogP contribution in [0.2, 0.25) is 0 Å². The van der Waals surface area contributed by atoms with Gasteiger partial charge >= 0.3 is 8.24 Å². The van der Waals surface area contributed by atoms with Crippen molar-refractivity contribution < 1.29 is 22.9 Å². The van der Waals surface area contributed by atoms with Crippen LogP contribution in [0.15, 0.2) is 75.1 Å². The zero-order chi connectivity index (χ0) is 18.8. The third-order valence-electron chi connectivity index (χ3n) is 4.02. The van der Waals surface area contributed by atoms with Crippen LogP contribution in [0.4, 0.5) is 5.69 Å². The zero-order valence-electron chi connectivity index (χ0n) is 13.9. The summed E-state index contributed by atoms with van der Waals surface area (Å²) in [6, 6.07) is 19.0. The van der Waals surface area contributed by atoms with E-state index in [9.17, 15) is 15.2 Å². The second kappa shape index (κ2) is 7.15. The Morgan fingerprint density at radius 2 is 1.56 bits per heavy atom. The number of nitrogens with zero attached hydrogens (tertiary/aromatic N) is 1. The molecule has 1 N–H and O–H groups in total. The van der Waals surface area contributed by atoms with Crippen LogP contribution in [-0.4, -0.2) is 10.0 Å². The minimum atomic E-state index is -1.77. The van der Waals surface area contributed by atoms with Crippen LogP contribution in [0.1, 0.15) is 5.56 Å². The van der Waals surface area contributed by atoms with Gasteiger partial charge in [0.05, 0.1) is 17.6 Å². The van der Waals surface area contributed by atoms with Crippen LogP contribution >= 0.6 is 8.24 Å². The summed E-state index contributed by atoms with van der Waals surface area (Å²) in [5.74, 6) is -0.213. The standard InChI is InChI=1S/C19H14NO6P/c21-17-11-14(20(22)23)10-9-13(17)12-24-27-25-18-7-3-1-5-15(18)16-6-2-4-8-19(16)26-27/h1-11,21H,12H2. The summed E-state index contributed by atoms with van der Waals surface area (Å²) < 4.78 is 17.5. The average Bonchev–Trinajstić information content (AvgIpc) is 2.83. The van der Waals surface area contributed by atoms with Crippen molar-refractivity contribution in [2.75, 3.05) is 0 Å². The third kappa shape index (κ3) is 3.51. The van der Waals surface area contributed by atoms with Crippen molar-refractivity contribution in [1.82, 2.24) is 0 Å². The molecule has 0 saturated heterocycles. The van der Waals surface area contributed by atoms with Crippen LogP contribution in [0.25, 0.3) is 21.9 Å². The van der Waals surface area contributed by atoms with E-state index in [2.05, 4.69) is 0 Å². The summed E-state index contributed by atoms with van der Waals surface area (Å²) in [6.45, 7) is -0.0140. The summed E-state index contributed by atoms with van der Waals surface area (Å²) in [6.07, 6.45) is 0. The fourth-order valence-electron chi connectivity index (χ4n) is 2.68. The lowest BCUT2D eigenvalue weighted by Crippen LogP contribution is -1.94. The Hall–Kier alpha value is -3.28. The van der Waals surface area contributed by atoms with Crippen molar-refractivity contribution in [1.29, 1.82) is 0 Å². The highest BCUT2D eigenvalue weighted by Crippen LogP contribution is 2.35. The van der Waals surface area contributed by atoms with Crippen LogP contribution in [0, 0.1) is 10.1 Å². The Bertz CT molecular complexity index is 1130. The van der Waals surface area contributed by atoms with Crippen molar-refractivity contribution in [3.8, 4) is 5.75 Å². The molecule has 4 rings (SSSR count). The Morgan fingerprint density at radius 1 is 0.963 bits per heavy atom. The Morgan fingerprint density at radius 3 is 2.11 bits per heavy atom. The van der Waals surface area contributed by atoms with Gasteiger partial charge in [-0.05, 0) is 18.2 Å². The van der Waals surface area contributed by atoms with E-state index < -0.39 is 13.2 Å². The zero-order valence-corrected chi connectivity index (χ0v) is 14.8. The Balaban J connectivity index is 1.73. The third-order valence-corrected chi connectivity index (χ3v) is 5.05. The van der Waals surface area contributed by atoms with Crippen LogP contribution in [0.5, 0.6) is 5.75 Å². The SMILES string of the molecule is O=[N+]([O-])c1ccc(COp2oc3ccccc3c3ccccc3o2)c(O)c1. The maximum atomic E-state index is 10.8. The number of hydrogen-bond acceptors (Lipinski definition) is 6. The average molecular weight is 383 g/mol. The lowest BCUT2D eigenvalue weighted by atomic mass is 10.1. The van der Waals surface area contributed by atoms with E-state index in [-0.39, 0.29) is 18.0 Å². The molecule has 27 heavy (non-hydrogen) atoms. The number of nitro groups is 1. The van der Waals surface area contributed by atoms with Gasteiger partial charge in [0, 0.05) is 22.4 Å². The van der Waals surface area contributed by atoms with Crippen LogP contribution in [0.3, 0.4) is 0 Å². The summed E-state index contributed by atoms with van der Waals surface area (Å²) in [5.41, 5.74) is 1.50. The molecule has 0 aliphatic carbocycles. The molecule has 0 bridgehead atoms. The van der Waals surface area contributed by atoms with Crippen LogP contribution in [-0.2, 0) is 6.61 Å². The van der Waals surface area contributed by atoms with Gasteiger partial charge in [0.2, 0.25) is 0 Å². The molecule has 0 spiro atoms. The monoisotopic (exact) mass is 383 g/mol. The van der Waals surface area contributed by atoms with Gasteiger partial charge in [-0.25, -0.2) is 0 Å². The second-order valence-electron chi connectivity index (χ2n) is 5.74. The predicted molar refractivity (Wildman–Crippen MR) is 101 cm³/mol. The van der Waals surface area contributed by atoms with Crippen LogP contribution < -0.4 is 4.52 Å². The molecule has 0 aliphatic rings. The van der Waals surface area contributed by atoms with Crippen molar-refractivity contribution >= 4 is 35.9 Å². The summed E-state index contributed by atoms with van der Waals surface area (Å²) in [5, 5.41) is 22.6. The van der Waals surface area contributed by atoms with Gasteiger partial charge in [-0.1, -0.05) is 36.4 Å². The van der Waals surface area contributed by atoms with Crippen molar-refractivity contribution in [3.63, 3.8) is 0 Å². The topological polar surface area (TPSA) is 98.9 Å². The lowest BCUT2D eigenvalue weighted by molar-refractivity contribution is -0.384. The number of aromatic hydroxyl groups is 1. The molecule has 4 aromatic rings. The molecule has 0 radical (unpaired) electrons. The first kappa shape index (κ1) is 17.1. The predicted octanol–water partition coefficient (Wildman–Crippen LogP) is 5.53. The van der Waals surface area contributed by atoms with Gasteiger partial charge in [-0.3, -0.25) is 14.6 Å². The van der Waals surface area contributed by atoms with Gasteiger partial charge in [-0.15, -0.1) is 0 Å². The number of para-hydroxylation sites is 2. The Labute approximate surface area is 154 Å². The van der Waals surface area contributed by atoms with Gasteiger partial charge in [0.15, 0.2) is 0 Å². The maximum absolute atomic E-state index is 10.8. The molecule has 0 fully saturated rings. The van der Waals surface area contributed by atoms with Gasteiger partial charge < -0.3 is 13.5 Å². The van der Waals surface area contributed by atoms with E-state index >= 15 is 0 Å².